The molecule has 1 aliphatic rings. The van der Waals surface area contributed by atoms with Crippen LogP contribution in [-0.2, 0) is 11.3 Å². The van der Waals surface area contributed by atoms with E-state index >= 15 is 0 Å². The minimum absolute atomic E-state index is 0.0926. The molecule has 0 radical (unpaired) electrons. The van der Waals surface area contributed by atoms with Crippen LogP contribution in [0, 0.1) is 11.2 Å². The Kier molecular flexibility index (Phi) is 3.12. The third-order valence-corrected chi connectivity index (χ3v) is 4.21. The van der Waals surface area contributed by atoms with Crippen molar-refractivity contribution in [1.29, 1.82) is 0 Å². The fourth-order valence-electron chi connectivity index (χ4n) is 2.44. The molecule has 1 saturated carbocycles. The normalized spacial score (nSPS) is 16.0. The smallest absolute Gasteiger partial charge is 0.226 e. The van der Waals surface area contributed by atoms with Crippen molar-refractivity contribution in [3.8, 4) is 0 Å². The quantitative estimate of drug-likeness (QED) is 0.883. The third-order valence-electron chi connectivity index (χ3n) is 4.21. The maximum absolute atomic E-state index is 13.9. The molecule has 0 aliphatic heterocycles. The number of hydrogen-bond donors (Lipinski definition) is 2. The van der Waals surface area contributed by atoms with Crippen molar-refractivity contribution < 1.29 is 9.18 Å². The van der Waals surface area contributed by atoms with Gasteiger partial charge in [0.25, 0.3) is 0 Å². The van der Waals surface area contributed by atoms with Crippen molar-refractivity contribution in [3.05, 3.63) is 41.9 Å². The van der Waals surface area contributed by atoms with Crippen molar-refractivity contribution in [2.24, 2.45) is 5.41 Å². The first-order valence-corrected chi connectivity index (χ1v) is 7.14. The fourth-order valence-corrected chi connectivity index (χ4v) is 2.44. The number of hydrogen-bond acceptors (Lipinski definition) is 1. The fraction of sp³-hybridized carbons (Fsp3) is 0.353. The molecule has 3 rings (SSSR count). The second kappa shape index (κ2) is 4.72. The van der Waals surface area contributed by atoms with Gasteiger partial charge in [-0.25, -0.2) is 4.39 Å². The number of aromatic nitrogens is 1. The number of carbonyl (C=O) groups is 1. The van der Waals surface area contributed by atoms with Crippen molar-refractivity contribution in [2.45, 2.75) is 33.2 Å². The van der Waals surface area contributed by atoms with Crippen LogP contribution in [-0.4, -0.2) is 10.9 Å². The second-order valence-electron chi connectivity index (χ2n) is 6.24. The van der Waals surface area contributed by atoms with Gasteiger partial charge in [0.05, 0.1) is 6.54 Å². The highest BCUT2D eigenvalue weighted by atomic mass is 19.1. The lowest BCUT2D eigenvalue weighted by Crippen LogP contribution is -2.29. The summed E-state index contributed by atoms with van der Waals surface area (Å²) in [5.41, 5.74) is 2.77. The minimum Gasteiger partial charge on any atom is -0.357 e. The molecule has 21 heavy (non-hydrogen) atoms. The Hall–Kier alpha value is -2.10. The molecule has 0 saturated heterocycles. The molecule has 1 amide bonds. The van der Waals surface area contributed by atoms with E-state index in [9.17, 15) is 9.18 Å². The van der Waals surface area contributed by atoms with Gasteiger partial charge in [0.2, 0.25) is 5.91 Å². The van der Waals surface area contributed by atoms with Crippen molar-refractivity contribution in [2.75, 3.05) is 0 Å². The largest absolute Gasteiger partial charge is 0.357 e. The number of carbonyl (C=O) groups excluding carboxylic acids is 1. The van der Waals surface area contributed by atoms with Gasteiger partial charge in [-0.2, -0.15) is 0 Å². The van der Waals surface area contributed by atoms with Crippen LogP contribution in [0.15, 0.2) is 24.8 Å². The molecule has 110 valence electrons. The lowest BCUT2D eigenvalue weighted by atomic mass is 10.1. The van der Waals surface area contributed by atoms with E-state index in [4.69, 9.17) is 0 Å². The van der Waals surface area contributed by atoms with Gasteiger partial charge in [-0.15, -0.1) is 0 Å². The van der Waals surface area contributed by atoms with Gasteiger partial charge in [0, 0.05) is 27.6 Å². The molecule has 0 atom stereocenters. The number of benzene rings is 1. The maximum atomic E-state index is 13.9. The summed E-state index contributed by atoms with van der Waals surface area (Å²) < 4.78 is 13.9. The minimum atomic E-state index is -0.268. The highest BCUT2D eigenvalue weighted by Crippen LogP contribution is 2.45. The maximum Gasteiger partial charge on any atom is 0.226 e. The molecule has 1 fully saturated rings. The number of H-pyrrole nitrogens is 1. The van der Waals surface area contributed by atoms with Gasteiger partial charge in [-0.3, -0.25) is 4.79 Å². The highest BCUT2D eigenvalue weighted by Gasteiger charge is 2.44. The van der Waals surface area contributed by atoms with Crippen LogP contribution in [0.4, 0.5) is 4.39 Å². The first kappa shape index (κ1) is 13.9. The van der Waals surface area contributed by atoms with E-state index in [0.717, 1.165) is 29.4 Å². The van der Waals surface area contributed by atoms with Gasteiger partial charge in [-0.05, 0) is 43.5 Å². The van der Waals surface area contributed by atoms with Crippen molar-refractivity contribution in [1.82, 2.24) is 10.3 Å². The van der Waals surface area contributed by atoms with Crippen LogP contribution >= 0.6 is 0 Å². The predicted octanol–water partition coefficient (Wildman–Crippen LogP) is 3.76. The number of rotatable bonds is 4. The molecule has 0 spiro atoms. The van der Waals surface area contributed by atoms with E-state index in [1.165, 1.54) is 6.07 Å². The molecule has 4 heteroatoms. The number of allylic oxidation sites excluding steroid dienone is 1. The zero-order chi connectivity index (χ0) is 15.2. The van der Waals surface area contributed by atoms with E-state index in [-0.39, 0.29) is 17.1 Å². The van der Waals surface area contributed by atoms with Crippen LogP contribution < -0.4 is 5.32 Å². The Morgan fingerprint density at radius 2 is 2.14 bits per heavy atom. The van der Waals surface area contributed by atoms with Gasteiger partial charge >= 0.3 is 0 Å². The topological polar surface area (TPSA) is 44.9 Å². The summed E-state index contributed by atoms with van der Waals surface area (Å²) in [6, 6.07) is 5.14. The lowest BCUT2D eigenvalue weighted by Gasteiger charge is -2.08. The Morgan fingerprint density at radius 3 is 2.76 bits per heavy atom. The standard InChI is InChI=1S/C17H19FN2O/c1-10(2)13-8-15-11(7-14(13)18)6-12(20-15)9-19-16(21)17(3)4-5-17/h6-8,20H,1,4-5,9H2,2-3H3,(H,19,21). The first-order chi connectivity index (χ1) is 9.89. The van der Waals surface area contributed by atoms with E-state index < -0.39 is 0 Å². The molecule has 1 aromatic heterocycles. The summed E-state index contributed by atoms with van der Waals surface area (Å²) in [6.45, 7) is 7.98. The van der Waals surface area contributed by atoms with Crippen LogP contribution in [0.5, 0.6) is 0 Å². The zero-order valence-corrected chi connectivity index (χ0v) is 12.3. The average Bonchev–Trinajstić information content (AvgIpc) is 3.05. The summed E-state index contributed by atoms with van der Waals surface area (Å²) in [5.74, 6) is -0.176. The van der Waals surface area contributed by atoms with Gasteiger partial charge in [0.15, 0.2) is 0 Å². The molecular weight excluding hydrogens is 267 g/mol. The molecular formula is C17H19FN2O. The van der Waals surface area contributed by atoms with E-state index in [1.54, 1.807) is 13.0 Å². The Morgan fingerprint density at radius 1 is 1.43 bits per heavy atom. The summed E-state index contributed by atoms with van der Waals surface area (Å²) in [6.07, 6.45) is 1.91. The molecule has 0 bridgehead atoms. The Bertz CT molecular complexity index is 741. The number of nitrogens with one attached hydrogen (secondary N) is 2. The average molecular weight is 286 g/mol. The molecule has 1 heterocycles. The Balaban J connectivity index is 1.81. The first-order valence-electron chi connectivity index (χ1n) is 7.14. The summed E-state index contributed by atoms with van der Waals surface area (Å²) in [4.78, 5) is 15.1. The molecule has 1 aliphatic carbocycles. The van der Waals surface area contributed by atoms with Crippen molar-refractivity contribution in [3.63, 3.8) is 0 Å². The van der Waals surface area contributed by atoms with Crippen LogP contribution in [0.25, 0.3) is 16.5 Å². The number of aromatic amines is 1. The zero-order valence-electron chi connectivity index (χ0n) is 12.3. The number of amides is 1. The number of fused-ring (bicyclic) bond motifs is 1. The monoisotopic (exact) mass is 286 g/mol. The molecule has 3 nitrogen and oxygen atoms in total. The van der Waals surface area contributed by atoms with Crippen LogP contribution in [0.1, 0.15) is 37.9 Å². The van der Waals surface area contributed by atoms with E-state index in [1.807, 2.05) is 13.0 Å². The SMILES string of the molecule is C=C(C)c1cc2[nH]c(CNC(=O)C3(C)CC3)cc2cc1F. The number of halogens is 1. The second-order valence-corrected chi connectivity index (χ2v) is 6.24. The van der Waals surface area contributed by atoms with Gasteiger partial charge in [-0.1, -0.05) is 13.5 Å². The van der Waals surface area contributed by atoms with Crippen LogP contribution in [0.2, 0.25) is 0 Å². The molecule has 1 aromatic carbocycles. The highest BCUT2D eigenvalue weighted by molar-refractivity contribution is 5.86. The summed E-state index contributed by atoms with van der Waals surface area (Å²) in [5, 5.41) is 3.74. The van der Waals surface area contributed by atoms with Gasteiger partial charge in [0.1, 0.15) is 5.82 Å². The van der Waals surface area contributed by atoms with E-state index in [2.05, 4.69) is 16.9 Å². The summed E-state index contributed by atoms with van der Waals surface area (Å²) >= 11 is 0. The molecule has 0 unspecified atom stereocenters. The Labute approximate surface area is 123 Å². The molecule has 2 aromatic rings. The lowest BCUT2D eigenvalue weighted by molar-refractivity contribution is -0.125. The van der Waals surface area contributed by atoms with Crippen molar-refractivity contribution >= 4 is 22.4 Å². The third kappa shape index (κ3) is 2.58. The van der Waals surface area contributed by atoms with E-state index in [0.29, 0.717) is 17.7 Å². The molecule has 2 N–H and O–H groups in total. The summed E-state index contributed by atoms with van der Waals surface area (Å²) in [7, 11) is 0. The van der Waals surface area contributed by atoms with Gasteiger partial charge < -0.3 is 10.3 Å². The van der Waals surface area contributed by atoms with Crippen LogP contribution in [0.3, 0.4) is 0 Å². The predicted molar refractivity (Wildman–Crippen MR) is 82.2 cm³/mol.